The summed E-state index contributed by atoms with van der Waals surface area (Å²) in [6, 6.07) is 12.9. The molecule has 2 rings (SSSR count). The molecule has 0 saturated heterocycles. The molecule has 0 saturated carbocycles. The summed E-state index contributed by atoms with van der Waals surface area (Å²) in [6.07, 6.45) is 2.45. The Kier molecular flexibility index (Phi) is 6.48. The van der Waals surface area contributed by atoms with Gasteiger partial charge in [0.2, 0.25) is 0 Å². The maximum Gasteiger partial charge on any atom is 0.271 e. The zero-order valence-corrected chi connectivity index (χ0v) is 13.8. The summed E-state index contributed by atoms with van der Waals surface area (Å²) in [4.78, 5) is 23.5. The average molecular weight is 363 g/mol. The van der Waals surface area contributed by atoms with E-state index in [4.69, 9.17) is 23.2 Å². The van der Waals surface area contributed by atoms with Gasteiger partial charge in [-0.15, -0.1) is 0 Å². The van der Waals surface area contributed by atoms with Crippen LogP contribution < -0.4 is 10.9 Å². The summed E-state index contributed by atoms with van der Waals surface area (Å²) in [6.45, 7) is 0. The van der Waals surface area contributed by atoms with Crippen molar-refractivity contribution in [2.24, 2.45) is 10.2 Å². The fraction of sp³-hybridized carbons (Fsp3) is 0. The van der Waals surface area contributed by atoms with Crippen molar-refractivity contribution in [3.05, 3.63) is 69.7 Å². The van der Waals surface area contributed by atoms with E-state index in [1.807, 2.05) is 0 Å². The lowest BCUT2D eigenvalue weighted by Gasteiger charge is -2.00. The molecule has 8 heteroatoms. The molecule has 0 fully saturated rings. The van der Waals surface area contributed by atoms with E-state index < -0.39 is 11.8 Å². The number of nitrogens with zero attached hydrogens (tertiary/aromatic N) is 2. The zero-order chi connectivity index (χ0) is 17.4. The standard InChI is InChI=1S/C16H12Cl2N4O2/c17-13-5-1-3-11(9-13)15(23)21-19-7-8-20-22-16(24)12-4-2-6-14(18)10-12/h1-10H,(H,21,23)(H,22,24)/b19-7+,20-8+. The third-order valence-corrected chi connectivity index (χ3v) is 3.19. The maximum atomic E-state index is 11.7. The van der Waals surface area contributed by atoms with Crippen LogP contribution in [-0.4, -0.2) is 24.2 Å². The molecule has 122 valence electrons. The molecule has 2 amide bonds. The van der Waals surface area contributed by atoms with Gasteiger partial charge in [-0.2, -0.15) is 10.2 Å². The molecule has 0 aliphatic carbocycles. The molecule has 2 aromatic carbocycles. The summed E-state index contributed by atoms with van der Waals surface area (Å²) in [5, 5.41) is 8.25. The number of hydrogen-bond donors (Lipinski definition) is 2. The molecule has 24 heavy (non-hydrogen) atoms. The van der Waals surface area contributed by atoms with Crippen LogP contribution in [0.15, 0.2) is 58.7 Å². The molecule has 6 nitrogen and oxygen atoms in total. The second-order valence-corrected chi connectivity index (χ2v) is 5.33. The Morgan fingerprint density at radius 3 is 1.58 bits per heavy atom. The number of halogens is 2. The molecule has 0 heterocycles. The van der Waals surface area contributed by atoms with Crippen LogP contribution in [0.5, 0.6) is 0 Å². The van der Waals surface area contributed by atoms with E-state index in [0.717, 1.165) is 0 Å². The molecule has 0 spiro atoms. The highest BCUT2D eigenvalue weighted by atomic mass is 35.5. The third kappa shape index (κ3) is 5.49. The van der Waals surface area contributed by atoms with E-state index in [1.54, 1.807) is 36.4 Å². The second-order valence-electron chi connectivity index (χ2n) is 4.46. The summed E-state index contributed by atoms with van der Waals surface area (Å²) in [5.74, 6) is -0.824. The quantitative estimate of drug-likeness (QED) is 0.632. The first-order valence-electron chi connectivity index (χ1n) is 6.73. The predicted octanol–water partition coefficient (Wildman–Crippen LogP) is 3.12. The van der Waals surface area contributed by atoms with Crippen LogP contribution in [0.1, 0.15) is 20.7 Å². The summed E-state index contributed by atoms with van der Waals surface area (Å²) in [5.41, 5.74) is 5.37. The Morgan fingerprint density at radius 2 is 1.21 bits per heavy atom. The highest BCUT2D eigenvalue weighted by Gasteiger charge is 2.04. The number of carbonyl (C=O) groups excluding carboxylic acids is 2. The summed E-state index contributed by atoms with van der Waals surface area (Å²) < 4.78 is 0. The molecule has 0 aliphatic rings. The van der Waals surface area contributed by atoms with Crippen LogP contribution in [0.3, 0.4) is 0 Å². The number of rotatable bonds is 5. The predicted molar refractivity (Wildman–Crippen MR) is 94.8 cm³/mol. The number of benzene rings is 2. The largest absolute Gasteiger partial charge is 0.271 e. The highest BCUT2D eigenvalue weighted by Crippen LogP contribution is 2.11. The summed E-state index contributed by atoms with van der Waals surface area (Å²) >= 11 is 11.6. The SMILES string of the molecule is O=C(N/N=C/C=N/NC(=O)c1cccc(Cl)c1)c1cccc(Cl)c1. The van der Waals surface area contributed by atoms with Gasteiger partial charge >= 0.3 is 0 Å². The van der Waals surface area contributed by atoms with Crippen LogP contribution in [0.25, 0.3) is 0 Å². The first-order chi connectivity index (χ1) is 11.6. The number of carbonyl (C=O) groups is 2. The minimum atomic E-state index is -0.412. The molecule has 0 atom stereocenters. The highest BCUT2D eigenvalue weighted by molar-refractivity contribution is 6.31. The fourth-order valence-corrected chi connectivity index (χ4v) is 2.03. The van der Waals surface area contributed by atoms with Crippen LogP contribution in [0.2, 0.25) is 10.0 Å². The van der Waals surface area contributed by atoms with Gasteiger partial charge in [-0.1, -0.05) is 35.3 Å². The maximum absolute atomic E-state index is 11.7. The van der Waals surface area contributed by atoms with Gasteiger partial charge in [0.05, 0.1) is 12.4 Å². The third-order valence-electron chi connectivity index (χ3n) is 2.72. The fourth-order valence-electron chi connectivity index (χ4n) is 1.65. The van der Waals surface area contributed by atoms with E-state index >= 15 is 0 Å². The molecule has 2 aromatic rings. The Balaban J connectivity index is 1.80. The monoisotopic (exact) mass is 362 g/mol. The minimum Gasteiger partial charge on any atom is -0.267 e. The first-order valence-corrected chi connectivity index (χ1v) is 7.48. The lowest BCUT2D eigenvalue weighted by atomic mass is 10.2. The van der Waals surface area contributed by atoms with Gasteiger partial charge in [-0.3, -0.25) is 9.59 Å². The lowest BCUT2D eigenvalue weighted by Crippen LogP contribution is -2.19. The smallest absolute Gasteiger partial charge is 0.267 e. The van der Waals surface area contributed by atoms with Crippen LogP contribution in [0.4, 0.5) is 0 Å². The molecule has 0 bridgehead atoms. The molecular formula is C16H12Cl2N4O2. The normalized spacial score (nSPS) is 10.9. The first kappa shape index (κ1) is 17.7. The Hall–Kier alpha value is -2.70. The topological polar surface area (TPSA) is 82.9 Å². The summed E-state index contributed by atoms with van der Waals surface area (Å²) in [7, 11) is 0. The van der Waals surface area contributed by atoms with Crippen LogP contribution >= 0.6 is 23.2 Å². The van der Waals surface area contributed by atoms with Gasteiger partial charge in [0, 0.05) is 21.2 Å². The van der Waals surface area contributed by atoms with Crippen molar-refractivity contribution in [2.75, 3.05) is 0 Å². The Labute approximate surface area is 148 Å². The van der Waals surface area contributed by atoms with Crippen molar-refractivity contribution in [3.8, 4) is 0 Å². The van der Waals surface area contributed by atoms with Crippen LogP contribution in [-0.2, 0) is 0 Å². The van der Waals surface area contributed by atoms with Crippen LogP contribution in [0, 0.1) is 0 Å². The molecule has 0 aliphatic heterocycles. The molecule has 0 radical (unpaired) electrons. The Morgan fingerprint density at radius 1 is 0.792 bits per heavy atom. The van der Waals surface area contributed by atoms with Crippen molar-refractivity contribution in [2.45, 2.75) is 0 Å². The number of nitrogens with one attached hydrogen (secondary N) is 2. The van der Waals surface area contributed by atoms with Gasteiger partial charge in [0.25, 0.3) is 11.8 Å². The molecule has 0 unspecified atom stereocenters. The lowest BCUT2D eigenvalue weighted by molar-refractivity contribution is 0.0946. The van der Waals surface area contributed by atoms with Gasteiger partial charge in [0.1, 0.15) is 0 Å². The van der Waals surface area contributed by atoms with E-state index in [2.05, 4.69) is 21.1 Å². The number of hydrogen-bond acceptors (Lipinski definition) is 4. The minimum absolute atomic E-state index is 0.380. The molecule has 2 N–H and O–H groups in total. The second kappa shape index (κ2) is 8.81. The number of hydrazone groups is 2. The van der Waals surface area contributed by atoms with E-state index in [1.165, 1.54) is 24.6 Å². The van der Waals surface area contributed by atoms with Gasteiger partial charge < -0.3 is 0 Å². The Bertz CT molecular complexity index is 739. The van der Waals surface area contributed by atoms with E-state index in [0.29, 0.717) is 21.2 Å². The average Bonchev–Trinajstić information content (AvgIpc) is 2.57. The van der Waals surface area contributed by atoms with Crippen molar-refractivity contribution >= 4 is 47.4 Å². The van der Waals surface area contributed by atoms with Crippen molar-refractivity contribution in [1.29, 1.82) is 0 Å². The van der Waals surface area contributed by atoms with Crippen molar-refractivity contribution in [3.63, 3.8) is 0 Å². The van der Waals surface area contributed by atoms with Gasteiger partial charge in [-0.05, 0) is 36.4 Å². The van der Waals surface area contributed by atoms with Crippen molar-refractivity contribution in [1.82, 2.24) is 10.9 Å². The zero-order valence-electron chi connectivity index (χ0n) is 12.2. The van der Waals surface area contributed by atoms with E-state index in [9.17, 15) is 9.59 Å². The molecular weight excluding hydrogens is 351 g/mol. The van der Waals surface area contributed by atoms with Gasteiger partial charge in [-0.25, -0.2) is 10.9 Å². The number of amides is 2. The van der Waals surface area contributed by atoms with E-state index in [-0.39, 0.29) is 0 Å². The van der Waals surface area contributed by atoms with Gasteiger partial charge in [0.15, 0.2) is 0 Å². The molecule has 0 aromatic heterocycles. The van der Waals surface area contributed by atoms with Crippen molar-refractivity contribution < 1.29 is 9.59 Å².